The summed E-state index contributed by atoms with van der Waals surface area (Å²) in [6.07, 6.45) is 3.30. The Morgan fingerprint density at radius 3 is 2.89 bits per heavy atom. The Kier molecular flexibility index (Phi) is 4.06. The fraction of sp³-hybridized carbons (Fsp3) is 0.308. The summed E-state index contributed by atoms with van der Waals surface area (Å²) in [7, 11) is 0. The standard InChI is InChI=1S/C13H15NO4/c15-13(16)4-6-14-5-3-10-1-2-11-12(9-10)18-8-7-17-11/h1-2,4,6,9,14H,3,5,7-8H2,(H,15,16)/b6-4+. The van der Waals surface area contributed by atoms with Gasteiger partial charge in [0, 0.05) is 18.8 Å². The molecule has 1 aliphatic heterocycles. The molecule has 96 valence electrons. The van der Waals surface area contributed by atoms with Crippen LogP contribution in [-0.2, 0) is 11.2 Å². The predicted molar refractivity (Wildman–Crippen MR) is 65.9 cm³/mol. The minimum Gasteiger partial charge on any atom is -0.486 e. The van der Waals surface area contributed by atoms with Crippen molar-refractivity contribution in [1.82, 2.24) is 5.32 Å². The zero-order valence-corrected chi connectivity index (χ0v) is 9.89. The molecule has 1 aromatic rings. The molecule has 0 saturated carbocycles. The normalized spacial score (nSPS) is 13.6. The summed E-state index contributed by atoms with van der Waals surface area (Å²) in [5.74, 6) is 0.602. The highest BCUT2D eigenvalue weighted by molar-refractivity contribution is 5.79. The van der Waals surface area contributed by atoms with Crippen molar-refractivity contribution in [2.24, 2.45) is 0 Å². The number of benzene rings is 1. The summed E-state index contributed by atoms with van der Waals surface area (Å²) in [5.41, 5.74) is 1.12. The molecule has 0 radical (unpaired) electrons. The topological polar surface area (TPSA) is 67.8 Å². The fourth-order valence-corrected chi connectivity index (χ4v) is 1.67. The SMILES string of the molecule is O=C(O)/C=C/NCCc1ccc2c(c1)OCCO2. The highest BCUT2D eigenvalue weighted by Gasteiger charge is 2.11. The maximum absolute atomic E-state index is 10.2. The van der Waals surface area contributed by atoms with Gasteiger partial charge < -0.3 is 19.9 Å². The lowest BCUT2D eigenvalue weighted by atomic mass is 10.1. The van der Waals surface area contributed by atoms with Gasteiger partial charge >= 0.3 is 5.97 Å². The Morgan fingerprint density at radius 2 is 2.11 bits per heavy atom. The lowest BCUT2D eigenvalue weighted by Gasteiger charge is -2.18. The molecule has 0 spiro atoms. The molecule has 5 nitrogen and oxygen atoms in total. The van der Waals surface area contributed by atoms with Crippen LogP contribution in [0.25, 0.3) is 0 Å². The fourth-order valence-electron chi connectivity index (χ4n) is 1.67. The van der Waals surface area contributed by atoms with Gasteiger partial charge in [0.1, 0.15) is 13.2 Å². The molecule has 0 unspecified atom stereocenters. The van der Waals surface area contributed by atoms with E-state index in [0.717, 1.165) is 29.6 Å². The van der Waals surface area contributed by atoms with Gasteiger partial charge in [0.2, 0.25) is 0 Å². The van der Waals surface area contributed by atoms with Crippen molar-refractivity contribution in [2.75, 3.05) is 19.8 Å². The Labute approximate surface area is 105 Å². The molecule has 1 aromatic carbocycles. The van der Waals surface area contributed by atoms with Gasteiger partial charge in [-0.1, -0.05) is 6.07 Å². The van der Waals surface area contributed by atoms with Crippen molar-refractivity contribution >= 4 is 5.97 Å². The van der Waals surface area contributed by atoms with E-state index in [1.807, 2.05) is 18.2 Å². The van der Waals surface area contributed by atoms with Crippen LogP contribution in [0, 0.1) is 0 Å². The number of carboxylic acid groups (broad SMARTS) is 1. The second-order valence-corrected chi connectivity index (χ2v) is 3.85. The van der Waals surface area contributed by atoms with Gasteiger partial charge in [-0.15, -0.1) is 0 Å². The van der Waals surface area contributed by atoms with E-state index in [1.165, 1.54) is 6.20 Å². The molecule has 2 N–H and O–H groups in total. The maximum Gasteiger partial charge on any atom is 0.329 e. The Balaban J connectivity index is 1.84. The summed E-state index contributed by atoms with van der Waals surface area (Å²) in [5, 5.41) is 11.3. The van der Waals surface area contributed by atoms with Gasteiger partial charge in [-0.05, 0) is 24.1 Å². The third-order valence-corrected chi connectivity index (χ3v) is 2.51. The quantitative estimate of drug-likeness (QED) is 0.606. The molecule has 0 amide bonds. The van der Waals surface area contributed by atoms with Crippen LogP contribution < -0.4 is 14.8 Å². The molecule has 0 aliphatic carbocycles. The largest absolute Gasteiger partial charge is 0.486 e. The van der Waals surface area contributed by atoms with E-state index < -0.39 is 5.97 Å². The van der Waals surface area contributed by atoms with Crippen molar-refractivity contribution in [3.63, 3.8) is 0 Å². The molecule has 1 heterocycles. The van der Waals surface area contributed by atoms with Crippen LogP contribution in [0.5, 0.6) is 11.5 Å². The third-order valence-electron chi connectivity index (χ3n) is 2.51. The highest BCUT2D eigenvalue weighted by atomic mass is 16.6. The van der Waals surface area contributed by atoms with Crippen LogP contribution in [0.15, 0.2) is 30.5 Å². The molecule has 0 fully saturated rings. The van der Waals surface area contributed by atoms with E-state index in [4.69, 9.17) is 14.6 Å². The number of ether oxygens (including phenoxy) is 2. The number of rotatable bonds is 5. The minimum atomic E-state index is -0.957. The summed E-state index contributed by atoms with van der Waals surface area (Å²) in [4.78, 5) is 10.2. The van der Waals surface area contributed by atoms with E-state index in [-0.39, 0.29) is 0 Å². The molecule has 0 aromatic heterocycles. The first-order valence-corrected chi connectivity index (χ1v) is 5.77. The summed E-state index contributed by atoms with van der Waals surface area (Å²) >= 11 is 0. The molecular weight excluding hydrogens is 234 g/mol. The van der Waals surface area contributed by atoms with Crippen LogP contribution in [0.1, 0.15) is 5.56 Å². The minimum absolute atomic E-state index is 0.579. The number of aliphatic carboxylic acids is 1. The molecule has 0 atom stereocenters. The van der Waals surface area contributed by atoms with Crippen molar-refractivity contribution in [1.29, 1.82) is 0 Å². The number of nitrogens with one attached hydrogen (secondary N) is 1. The van der Waals surface area contributed by atoms with Gasteiger partial charge in [-0.2, -0.15) is 0 Å². The molecule has 1 aliphatic rings. The lowest BCUT2D eigenvalue weighted by Crippen LogP contribution is -2.16. The highest BCUT2D eigenvalue weighted by Crippen LogP contribution is 2.30. The molecule has 0 bridgehead atoms. The predicted octanol–water partition coefficient (Wildman–Crippen LogP) is 1.19. The second-order valence-electron chi connectivity index (χ2n) is 3.85. The zero-order chi connectivity index (χ0) is 12.8. The van der Waals surface area contributed by atoms with Gasteiger partial charge in [0.15, 0.2) is 11.5 Å². The maximum atomic E-state index is 10.2. The monoisotopic (exact) mass is 249 g/mol. The molecule has 5 heteroatoms. The molecule has 18 heavy (non-hydrogen) atoms. The van der Waals surface area contributed by atoms with E-state index in [0.29, 0.717) is 19.8 Å². The molecular formula is C13H15NO4. The first-order chi connectivity index (χ1) is 8.75. The lowest BCUT2D eigenvalue weighted by molar-refractivity contribution is -0.131. The van der Waals surface area contributed by atoms with Gasteiger partial charge in [-0.3, -0.25) is 0 Å². The van der Waals surface area contributed by atoms with E-state index >= 15 is 0 Å². The van der Waals surface area contributed by atoms with E-state index in [9.17, 15) is 4.79 Å². The second kappa shape index (κ2) is 5.95. The smallest absolute Gasteiger partial charge is 0.329 e. The summed E-state index contributed by atoms with van der Waals surface area (Å²) in [6.45, 7) is 1.84. The van der Waals surface area contributed by atoms with Crippen LogP contribution in [-0.4, -0.2) is 30.8 Å². The van der Waals surface area contributed by atoms with E-state index in [2.05, 4.69) is 5.32 Å². The van der Waals surface area contributed by atoms with Gasteiger partial charge in [0.05, 0.1) is 0 Å². The van der Waals surface area contributed by atoms with Crippen LogP contribution in [0.3, 0.4) is 0 Å². The van der Waals surface area contributed by atoms with Crippen LogP contribution in [0.4, 0.5) is 0 Å². The third kappa shape index (κ3) is 3.41. The molecule has 2 rings (SSSR count). The Hall–Kier alpha value is -2.17. The van der Waals surface area contributed by atoms with Gasteiger partial charge in [0.25, 0.3) is 0 Å². The first kappa shape index (κ1) is 12.3. The summed E-state index contributed by atoms with van der Waals surface area (Å²) in [6, 6.07) is 5.84. The number of fused-ring (bicyclic) bond motifs is 1. The Bertz CT molecular complexity index is 456. The van der Waals surface area contributed by atoms with Crippen molar-refractivity contribution < 1.29 is 19.4 Å². The van der Waals surface area contributed by atoms with Crippen molar-refractivity contribution in [3.8, 4) is 11.5 Å². The Morgan fingerprint density at radius 1 is 1.33 bits per heavy atom. The van der Waals surface area contributed by atoms with Crippen molar-refractivity contribution in [2.45, 2.75) is 6.42 Å². The number of hydrogen-bond donors (Lipinski definition) is 2. The number of hydrogen-bond acceptors (Lipinski definition) is 4. The first-order valence-electron chi connectivity index (χ1n) is 5.77. The van der Waals surface area contributed by atoms with Crippen LogP contribution >= 0.6 is 0 Å². The number of carbonyl (C=O) groups is 1. The number of carboxylic acids is 1. The average Bonchev–Trinajstić information content (AvgIpc) is 2.38. The molecule has 0 saturated heterocycles. The van der Waals surface area contributed by atoms with Crippen molar-refractivity contribution in [3.05, 3.63) is 36.0 Å². The zero-order valence-electron chi connectivity index (χ0n) is 9.89. The van der Waals surface area contributed by atoms with Crippen LogP contribution in [0.2, 0.25) is 0 Å². The van der Waals surface area contributed by atoms with Gasteiger partial charge in [-0.25, -0.2) is 4.79 Å². The average molecular weight is 249 g/mol. The van der Waals surface area contributed by atoms with E-state index in [1.54, 1.807) is 0 Å². The summed E-state index contributed by atoms with van der Waals surface area (Å²) < 4.78 is 10.9.